The molecule has 0 radical (unpaired) electrons. The predicted molar refractivity (Wildman–Crippen MR) is 66.9 cm³/mol. The molecule has 0 aromatic heterocycles. The average Bonchev–Trinajstić information content (AvgIpc) is 2.80. The number of amides is 1. The fraction of sp³-hybridized carbons (Fsp3) is 0.462. The Hall–Kier alpha value is -1.46. The first kappa shape index (κ1) is 13.0. The number of rotatable bonds is 4. The van der Waals surface area contributed by atoms with E-state index in [2.05, 4.69) is 4.90 Å². The van der Waals surface area contributed by atoms with Crippen LogP contribution in [-0.4, -0.2) is 23.9 Å². The van der Waals surface area contributed by atoms with Gasteiger partial charge in [0, 0.05) is 19.6 Å². The lowest BCUT2D eigenvalue weighted by Crippen LogP contribution is -2.27. The van der Waals surface area contributed by atoms with E-state index < -0.39 is 0 Å². The van der Waals surface area contributed by atoms with Gasteiger partial charge in [0.1, 0.15) is 5.82 Å². The number of nitrogens with two attached hydrogens (primary N) is 2. The van der Waals surface area contributed by atoms with Crippen LogP contribution in [0.5, 0.6) is 0 Å². The molecule has 2 rings (SSSR count). The number of carbonyl (C=O) groups excluding carboxylic acids is 1. The van der Waals surface area contributed by atoms with Crippen molar-refractivity contribution in [1.29, 1.82) is 0 Å². The van der Waals surface area contributed by atoms with E-state index in [1.165, 1.54) is 12.1 Å². The van der Waals surface area contributed by atoms with Gasteiger partial charge in [0.2, 0.25) is 5.91 Å². The standard InChI is InChI=1S/C13H18FN3O/c14-12-2-1-9(11(5-12)6-15)7-17-4-3-10(8-17)13(16)18/h1-2,5,10H,3-4,6-8,15H2,(H2,16,18). The third-order valence-electron chi connectivity index (χ3n) is 3.46. The Labute approximate surface area is 106 Å². The first-order chi connectivity index (χ1) is 8.60. The number of carbonyl (C=O) groups is 1. The molecule has 1 aliphatic rings. The first-order valence-corrected chi connectivity index (χ1v) is 6.09. The highest BCUT2D eigenvalue weighted by atomic mass is 19.1. The molecular formula is C13H18FN3O. The molecular weight excluding hydrogens is 233 g/mol. The first-order valence-electron chi connectivity index (χ1n) is 6.09. The van der Waals surface area contributed by atoms with E-state index in [9.17, 15) is 9.18 Å². The van der Waals surface area contributed by atoms with E-state index >= 15 is 0 Å². The van der Waals surface area contributed by atoms with Gasteiger partial charge in [-0.2, -0.15) is 0 Å². The van der Waals surface area contributed by atoms with Crippen molar-refractivity contribution in [3.8, 4) is 0 Å². The Kier molecular flexibility index (Phi) is 3.93. The molecule has 0 aliphatic carbocycles. The fourth-order valence-electron chi connectivity index (χ4n) is 2.39. The van der Waals surface area contributed by atoms with Crippen LogP contribution in [0.25, 0.3) is 0 Å². The van der Waals surface area contributed by atoms with Gasteiger partial charge in [-0.25, -0.2) is 4.39 Å². The zero-order valence-corrected chi connectivity index (χ0v) is 10.2. The third kappa shape index (κ3) is 2.86. The molecule has 1 atom stereocenters. The van der Waals surface area contributed by atoms with Crippen LogP contribution in [0.15, 0.2) is 18.2 Å². The lowest BCUT2D eigenvalue weighted by atomic mass is 10.1. The number of halogens is 1. The van der Waals surface area contributed by atoms with Crippen molar-refractivity contribution in [3.05, 3.63) is 35.1 Å². The Morgan fingerprint density at radius 2 is 2.22 bits per heavy atom. The van der Waals surface area contributed by atoms with Crippen molar-refractivity contribution in [2.75, 3.05) is 13.1 Å². The van der Waals surface area contributed by atoms with Crippen molar-refractivity contribution >= 4 is 5.91 Å². The molecule has 1 heterocycles. The molecule has 98 valence electrons. The molecule has 0 saturated carbocycles. The minimum atomic E-state index is -0.268. The molecule has 4 nitrogen and oxygen atoms in total. The zero-order valence-electron chi connectivity index (χ0n) is 10.2. The molecule has 4 N–H and O–H groups in total. The highest BCUT2D eigenvalue weighted by Gasteiger charge is 2.26. The van der Waals surface area contributed by atoms with Crippen LogP contribution in [0.4, 0.5) is 4.39 Å². The van der Waals surface area contributed by atoms with Crippen LogP contribution >= 0.6 is 0 Å². The summed E-state index contributed by atoms with van der Waals surface area (Å²) in [4.78, 5) is 13.2. The largest absolute Gasteiger partial charge is 0.369 e. The van der Waals surface area contributed by atoms with E-state index in [4.69, 9.17) is 11.5 Å². The van der Waals surface area contributed by atoms with Gasteiger partial charge >= 0.3 is 0 Å². The van der Waals surface area contributed by atoms with Gasteiger partial charge in [-0.05, 0) is 36.2 Å². The van der Waals surface area contributed by atoms with E-state index in [-0.39, 0.29) is 17.6 Å². The van der Waals surface area contributed by atoms with Crippen LogP contribution in [-0.2, 0) is 17.9 Å². The summed E-state index contributed by atoms with van der Waals surface area (Å²) < 4.78 is 13.1. The summed E-state index contributed by atoms with van der Waals surface area (Å²) in [6.45, 7) is 2.53. The third-order valence-corrected chi connectivity index (χ3v) is 3.46. The van der Waals surface area contributed by atoms with Gasteiger partial charge < -0.3 is 11.5 Å². The lowest BCUT2D eigenvalue weighted by molar-refractivity contribution is -0.121. The second-order valence-electron chi connectivity index (χ2n) is 4.74. The van der Waals surface area contributed by atoms with Crippen LogP contribution < -0.4 is 11.5 Å². The summed E-state index contributed by atoms with van der Waals surface area (Å²) in [5.41, 5.74) is 12.7. The van der Waals surface area contributed by atoms with Crippen molar-refractivity contribution in [3.63, 3.8) is 0 Å². The molecule has 1 unspecified atom stereocenters. The summed E-state index contributed by atoms with van der Waals surface area (Å²) in [7, 11) is 0. The number of benzene rings is 1. The molecule has 1 aromatic carbocycles. The van der Waals surface area contributed by atoms with Gasteiger partial charge in [0.05, 0.1) is 5.92 Å². The lowest BCUT2D eigenvalue weighted by Gasteiger charge is -2.17. The monoisotopic (exact) mass is 251 g/mol. The van der Waals surface area contributed by atoms with Crippen molar-refractivity contribution in [2.24, 2.45) is 17.4 Å². The van der Waals surface area contributed by atoms with Crippen molar-refractivity contribution in [1.82, 2.24) is 4.90 Å². The average molecular weight is 251 g/mol. The van der Waals surface area contributed by atoms with Crippen LogP contribution in [0.3, 0.4) is 0 Å². The molecule has 1 aliphatic heterocycles. The van der Waals surface area contributed by atoms with Gasteiger partial charge in [-0.15, -0.1) is 0 Å². The van der Waals surface area contributed by atoms with Gasteiger partial charge in [0.25, 0.3) is 0 Å². The summed E-state index contributed by atoms with van der Waals surface area (Å²) >= 11 is 0. The van der Waals surface area contributed by atoms with E-state index in [1.54, 1.807) is 6.07 Å². The number of hydrogen-bond donors (Lipinski definition) is 2. The van der Waals surface area contributed by atoms with Crippen LogP contribution in [0, 0.1) is 11.7 Å². The Morgan fingerprint density at radius 3 is 2.83 bits per heavy atom. The maximum absolute atomic E-state index is 13.1. The number of likely N-dealkylation sites (tertiary alicyclic amines) is 1. The number of nitrogens with zero attached hydrogens (tertiary/aromatic N) is 1. The summed E-state index contributed by atoms with van der Waals surface area (Å²) in [5.74, 6) is -0.571. The predicted octanol–water partition coefficient (Wildman–Crippen LogP) is 0.592. The minimum Gasteiger partial charge on any atom is -0.369 e. The fourth-order valence-corrected chi connectivity index (χ4v) is 2.39. The number of hydrogen-bond acceptors (Lipinski definition) is 3. The molecule has 5 heteroatoms. The topological polar surface area (TPSA) is 72.3 Å². The SMILES string of the molecule is NCc1cc(F)ccc1CN1CCC(C(N)=O)C1. The van der Waals surface area contributed by atoms with Gasteiger partial charge in [0.15, 0.2) is 0 Å². The molecule has 0 spiro atoms. The maximum atomic E-state index is 13.1. The van der Waals surface area contributed by atoms with Gasteiger partial charge in [-0.1, -0.05) is 6.07 Å². The molecule has 1 fully saturated rings. The van der Waals surface area contributed by atoms with Crippen molar-refractivity contribution in [2.45, 2.75) is 19.5 Å². The summed E-state index contributed by atoms with van der Waals surface area (Å²) in [5, 5.41) is 0. The molecule has 0 bridgehead atoms. The molecule has 18 heavy (non-hydrogen) atoms. The highest BCUT2D eigenvalue weighted by molar-refractivity contribution is 5.77. The van der Waals surface area contributed by atoms with Crippen LogP contribution in [0.2, 0.25) is 0 Å². The van der Waals surface area contributed by atoms with E-state index in [0.717, 1.165) is 24.1 Å². The van der Waals surface area contributed by atoms with Gasteiger partial charge in [-0.3, -0.25) is 9.69 Å². The molecule has 1 amide bonds. The van der Waals surface area contributed by atoms with E-state index in [0.29, 0.717) is 19.6 Å². The smallest absolute Gasteiger partial charge is 0.221 e. The Morgan fingerprint density at radius 1 is 1.44 bits per heavy atom. The minimum absolute atomic E-state index is 0.0632. The summed E-state index contributed by atoms with van der Waals surface area (Å²) in [6.07, 6.45) is 0.800. The van der Waals surface area contributed by atoms with Crippen molar-refractivity contribution < 1.29 is 9.18 Å². The highest BCUT2D eigenvalue weighted by Crippen LogP contribution is 2.20. The Balaban J connectivity index is 2.04. The molecule has 1 saturated heterocycles. The maximum Gasteiger partial charge on any atom is 0.221 e. The second kappa shape index (κ2) is 5.46. The summed E-state index contributed by atoms with van der Waals surface area (Å²) in [6, 6.07) is 4.67. The van der Waals surface area contributed by atoms with E-state index in [1.807, 2.05) is 0 Å². The Bertz CT molecular complexity index is 450. The molecule has 1 aromatic rings. The zero-order chi connectivity index (χ0) is 13.1. The normalized spacial score (nSPS) is 20.2. The quantitative estimate of drug-likeness (QED) is 0.822. The van der Waals surface area contributed by atoms with Crippen LogP contribution in [0.1, 0.15) is 17.5 Å². The second-order valence-corrected chi connectivity index (χ2v) is 4.74. The number of primary amides is 1.